The van der Waals surface area contributed by atoms with Gasteiger partial charge in [0.05, 0.1) is 0 Å². The largest absolute Gasteiger partial charge is 0.296 e. The summed E-state index contributed by atoms with van der Waals surface area (Å²) in [6.45, 7) is 14.3. The summed E-state index contributed by atoms with van der Waals surface area (Å²) in [4.78, 5) is 2.84. The Morgan fingerprint density at radius 1 is 0.273 bits per heavy atom. The van der Waals surface area contributed by atoms with Crippen LogP contribution in [0.3, 0.4) is 0 Å². The lowest BCUT2D eigenvalue weighted by Crippen LogP contribution is -2.45. The number of hydrogen-bond acceptors (Lipinski definition) is 1. The monoisotopic (exact) mass is 620 g/mol. The molecule has 44 heavy (non-hydrogen) atoms. The summed E-state index contributed by atoms with van der Waals surface area (Å²) < 4.78 is 0. The molecule has 0 amide bonds. The first-order valence-corrected chi connectivity index (χ1v) is 21.3. The van der Waals surface area contributed by atoms with Crippen LogP contribution in [0.2, 0.25) is 0 Å². The molecule has 0 N–H and O–H groups in total. The van der Waals surface area contributed by atoms with Crippen molar-refractivity contribution >= 4 is 0 Å². The number of nitrogens with zero attached hydrogens (tertiary/aromatic N) is 1. The van der Waals surface area contributed by atoms with E-state index in [2.05, 4.69) is 46.4 Å². The van der Waals surface area contributed by atoms with Gasteiger partial charge in [-0.15, -0.1) is 0 Å². The van der Waals surface area contributed by atoms with Crippen LogP contribution >= 0.6 is 0 Å². The van der Waals surface area contributed by atoms with E-state index in [4.69, 9.17) is 0 Å². The predicted molar refractivity (Wildman–Crippen MR) is 204 cm³/mol. The van der Waals surface area contributed by atoms with Crippen LogP contribution in [0.4, 0.5) is 0 Å². The summed E-state index contributed by atoms with van der Waals surface area (Å²) in [6.07, 6.45) is 49.7. The third-order valence-electron chi connectivity index (χ3n) is 10.4. The highest BCUT2D eigenvalue weighted by Crippen LogP contribution is 2.23. The molecule has 1 nitrogen and oxygen atoms in total. The minimum Gasteiger partial charge on any atom is -0.296 e. The zero-order valence-corrected chi connectivity index (χ0v) is 32.2. The fraction of sp³-hybridized carbons (Fsp3) is 1.00. The van der Waals surface area contributed by atoms with E-state index in [0.717, 1.165) is 6.04 Å². The van der Waals surface area contributed by atoms with Gasteiger partial charge in [-0.2, -0.15) is 0 Å². The van der Waals surface area contributed by atoms with Gasteiger partial charge in [-0.1, -0.05) is 219 Å². The van der Waals surface area contributed by atoms with E-state index in [9.17, 15) is 0 Å². The predicted octanol–water partition coefficient (Wildman–Crippen LogP) is 15.8. The molecule has 0 spiro atoms. The van der Waals surface area contributed by atoms with Crippen LogP contribution in [-0.4, -0.2) is 23.0 Å². The highest BCUT2D eigenvalue weighted by molar-refractivity contribution is 4.78. The van der Waals surface area contributed by atoms with Crippen molar-refractivity contribution in [3.05, 3.63) is 0 Å². The standard InChI is InChI=1S/C43H89N/c1-7-9-11-13-15-17-19-21-23-25-27-29-31-33-35-37-39-43(44(41(3)4)42(5)6)40-38-36-34-32-30-28-26-24-22-20-18-16-14-12-10-8-2/h41-43H,7-40H2,1-6H3. The zero-order valence-electron chi connectivity index (χ0n) is 32.2. The van der Waals surface area contributed by atoms with Crippen LogP contribution in [0.15, 0.2) is 0 Å². The molecular weight excluding hydrogens is 530 g/mol. The third-order valence-corrected chi connectivity index (χ3v) is 10.4. The molecule has 0 saturated heterocycles. The first kappa shape index (κ1) is 44.0. The van der Waals surface area contributed by atoms with E-state index in [1.54, 1.807) is 0 Å². The van der Waals surface area contributed by atoms with Crippen molar-refractivity contribution in [2.75, 3.05) is 0 Å². The lowest BCUT2D eigenvalue weighted by molar-refractivity contribution is 0.0960. The van der Waals surface area contributed by atoms with Crippen molar-refractivity contribution in [1.29, 1.82) is 0 Å². The maximum absolute atomic E-state index is 2.84. The van der Waals surface area contributed by atoms with Crippen LogP contribution in [0, 0.1) is 0 Å². The molecule has 0 aliphatic carbocycles. The maximum Gasteiger partial charge on any atom is 0.0101 e. The van der Waals surface area contributed by atoms with Crippen LogP contribution in [0.5, 0.6) is 0 Å². The Morgan fingerprint density at radius 2 is 0.455 bits per heavy atom. The van der Waals surface area contributed by atoms with E-state index in [1.165, 1.54) is 218 Å². The Hall–Kier alpha value is -0.0400. The average molecular weight is 620 g/mol. The topological polar surface area (TPSA) is 3.24 Å². The second-order valence-corrected chi connectivity index (χ2v) is 15.5. The van der Waals surface area contributed by atoms with Crippen molar-refractivity contribution in [2.24, 2.45) is 0 Å². The molecule has 0 aliphatic heterocycles. The quantitative estimate of drug-likeness (QED) is 0.0625. The van der Waals surface area contributed by atoms with Crippen molar-refractivity contribution in [2.45, 2.75) is 278 Å². The van der Waals surface area contributed by atoms with Crippen LogP contribution in [-0.2, 0) is 0 Å². The first-order chi connectivity index (χ1) is 21.5. The van der Waals surface area contributed by atoms with Gasteiger partial charge in [0.2, 0.25) is 0 Å². The highest BCUT2D eigenvalue weighted by atomic mass is 15.2. The summed E-state index contributed by atoms with van der Waals surface area (Å²) in [5.74, 6) is 0. The number of unbranched alkanes of at least 4 members (excludes halogenated alkanes) is 30. The van der Waals surface area contributed by atoms with Crippen LogP contribution in [0.25, 0.3) is 0 Å². The Morgan fingerprint density at radius 3 is 0.636 bits per heavy atom. The van der Waals surface area contributed by atoms with E-state index >= 15 is 0 Å². The molecule has 266 valence electrons. The fourth-order valence-corrected chi connectivity index (χ4v) is 7.74. The lowest BCUT2D eigenvalue weighted by Gasteiger charge is -2.38. The highest BCUT2D eigenvalue weighted by Gasteiger charge is 2.23. The summed E-state index contributed by atoms with van der Waals surface area (Å²) >= 11 is 0. The lowest BCUT2D eigenvalue weighted by atomic mass is 9.96. The Balaban J connectivity index is 3.81. The molecule has 0 aromatic heterocycles. The van der Waals surface area contributed by atoms with Crippen molar-refractivity contribution in [3.63, 3.8) is 0 Å². The van der Waals surface area contributed by atoms with Crippen LogP contribution in [0.1, 0.15) is 260 Å². The molecular formula is C43H89N. The van der Waals surface area contributed by atoms with Gasteiger partial charge in [-0.05, 0) is 40.5 Å². The molecule has 0 unspecified atom stereocenters. The second kappa shape index (κ2) is 35.8. The molecule has 0 aromatic rings. The van der Waals surface area contributed by atoms with Crippen molar-refractivity contribution in [3.8, 4) is 0 Å². The molecule has 0 aliphatic rings. The second-order valence-electron chi connectivity index (χ2n) is 15.5. The summed E-state index contributed by atoms with van der Waals surface area (Å²) in [5, 5.41) is 0. The molecule has 0 atom stereocenters. The molecule has 0 fully saturated rings. The number of rotatable bonds is 37. The van der Waals surface area contributed by atoms with E-state index in [0.29, 0.717) is 12.1 Å². The SMILES string of the molecule is CCCCCCCCCCCCCCCCCCC(CCCCCCCCCCCCCCCCCC)N(C(C)C)C(C)C. The number of hydrogen-bond donors (Lipinski definition) is 0. The van der Waals surface area contributed by atoms with E-state index < -0.39 is 0 Å². The van der Waals surface area contributed by atoms with Gasteiger partial charge in [-0.25, -0.2) is 0 Å². The van der Waals surface area contributed by atoms with Gasteiger partial charge in [0.25, 0.3) is 0 Å². The summed E-state index contributed by atoms with van der Waals surface area (Å²) in [7, 11) is 0. The maximum atomic E-state index is 2.84. The molecule has 1 heteroatoms. The summed E-state index contributed by atoms with van der Waals surface area (Å²) in [5.41, 5.74) is 0. The van der Waals surface area contributed by atoms with Crippen molar-refractivity contribution < 1.29 is 0 Å². The molecule has 0 rings (SSSR count). The minimum absolute atomic E-state index is 0.669. The van der Waals surface area contributed by atoms with Crippen molar-refractivity contribution in [1.82, 2.24) is 4.90 Å². The van der Waals surface area contributed by atoms with Gasteiger partial charge in [0.1, 0.15) is 0 Å². The van der Waals surface area contributed by atoms with Gasteiger partial charge < -0.3 is 0 Å². The molecule has 0 bridgehead atoms. The third kappa shape index (κ3) is 30.6. The Labute approximate surface area is 282 Å². The minimum atomic E-state index is 0.669. The molecule has 0 saturated carbocycles. The van der Waals surface area contributed by atoms with E-state index in [1.807, 2.05) is 0 Å². The molecule has 0 radical (unpaired) electrons. The molecule has 0 aromatic carbocycles. The summed E-state index contributed by atoms with van der Waals surface area (Å²) in [6, 6.07) is 2.14. The van der Waals surface area contributed by atoms with Crippen LogP contribution < -0.4 is 0 Å². The smallest absolute Gasteiger partial charge is 0.0101 e. The van der Waals surface area contributed by atoms with Gasteiger partial charge in [-0.3, -0.25) is 4.90 Å². The van der Waals surface area contributed by atoms with Gasteiger partial charge in [0.15, 0.2) is 0 Å². The molecule has 0 heterocycles. The van der Waals surface area contributed by atoms with Gasteiger partial charge >= 0.3 is 0 Å². The average Bonchev–Trinajstić information content (AvgIpc) is 3.00. The Kier molecular flexibility index (Phi) is 35.8. The normalized spacial score (nSPS) is 12.1. The zero-order chi connectivity index (χ0) is 32.4. The van der Waals surface area contributed by atoms with E-state index in [-0.39, 0.29) is 0 Å². The fourth-order valence-electron chi connectivity index (χ4n) is 7.74. The van der Waals surface area contributed by atoms with Gasteiger partial charge in [0, 0.05) is 18.1 Å². The first-order valence-electron chi connectivity index (χ1n) is 21.3. The Bertz CT molecular complexity index is 467.